The first kappa shape index (κ1) is 20.6. The van der Waals surface area contributed by atoms with Gasteiger partial charge >= 0.3 is 0 Å². The molecule has 0 fully saturated rings. The van der Waals surface area contributed by atoms with E-state index in [2.05, 4.69) is 26.5 Å². The molecule has 8 heteroatoms. The average molecular weight is 458 g/mol. The molecule has 1 amide bonds. The van der Waals surface area contributed by atoms with Gasteiger partial charge in [0, 0.05) is 9.92 Å². The number of thioether (sulfide) groups is 1. The van der Waals surface area contributed by atoms with Crippen LogP contribution in [0.1, 0.15) is 12.5 Å². The molecular weight excluding hydrogens is 440 g/mol. The Labute approximate surface area is 170 Å². The molecule has 0 spiro atoms. The number of nitrogens with one attached hydrogen (secondary N) is 1. The van der Waals surface area contributed by atoms with Gasteiger partial charge in [0.25, 0.3) is 5.91 Å². The number of methoxy groups -OCH3 is 2. The average Bonchev–Trinajstić information content (AvgIpc) is 2.62. The van der Waals surface area contributed by atoms with Crippen LogP contribution in [0.4, 0.5) is 0 Å². The van der Waals surface area contributed by atoms with E-state index in [0.717, 1.165) is 14.9 Å². The maximum atomic E-state index is 12.2. The van der Waals surface area contributed by atoms with Gasteiger partial charge in [0.05, 0.1) is 30.2 Å². The number of ether oxygens (including phenoxy) is 2. The van der Waals surface area contributed by atoms with Crippen LogP contribution in [0.3, 0.4) is 0 Å². The monoisotopic (exact) mass is 456 g/mol. The lowest BCUT2D eigenvalue weighted by Crippen LogP contribution is -2.26. The van der Waals surface area contributed by atoms with Crippen molar-refractivity contribution in [2.75, 3.05) is 14.2 Å². The highest BCUT2D eigenvalue weighted by Gasteiger charge is 2.14. The van der Waals surface area contributed by atoms with Gasteiger partial charge in [-0.15, -0.1) is 11.8 Å². The lowest BCUT2D eigenvalue weighted by Gasteiger charge is -2.11. The van der Waals surface area contributed by atoms with E-state index >= 15 is 0 Å². The summed E-state index contributed by atoms with van der Waals surface area (Å²) in [4.78, 5) is 13.1. The number of rotatable bonds is 7. The Hall–Kier alpha value is -1.70. The minimum Gasteiger partial charge on any atom is -0.493 e. The fourth-order valence-electron chi connectivity index (χ4n) is 2.04. The van der Waals surface area contributed by atoms with E-state index < -0.39 is 0 Å². The zero-order valence-corrected chi connectivity index (χ0v) is 17.6. The zero-order valence-electron chi connectivity index (χ0n) is 14.5. The number of hydrazone groups is 1. The summed E-state index contributed by atoms with van der Waals surface area (Å²) in [6.45, 7) is 1.82. The van der Waals surface area contributed by atoms with E-state index in [-0.39, 0.29) is 11.2 Å². The van der Waals surface area contributed by atoms with Gasteiger partial charge in [-0.1, -0.05) is 11.6 Å². The molecular formula is C18H18BrClN2O3S. The van der Waals surface area contributed by atoms with Crippen LogP contribution in [0.15, 0.2) is 50.9 Å². The van der Waals surface area contributed by atoms with Crippen LogP contribution in [0.25, 0.3) is 0 Å². The molecule has 0 aliphatic carbocycles. The van der Waals surface area contributed by atoms with Crippen molar-refractivity contribution >= 4 is 51.4 Å². The molecule has 26 heavy (non-hydrogen) atoms. The number of nitrogens with zero attached hydrogens (tertiary/aromatic N) is 1. The van der Waals surface area contributed by atoms with Gasteiger partial charge in [-0.25, -0.2) is 5.43 Å². The first-order chi connectivity index (χ1) is 12.4. The minimum absolute atomic E-state index is 0.194. The lowest BCUT2D eigenvalue weighted by molar-refractivity contribution is -0.120. The zero-order chi connectivity index (χ0) is 19.1. The van der Waals surface area contributed by atoms with Crippen LogP contribution < -0.4 is 14.9 Å². The highest BCUT2D eigenvalue weighted by atomic mass is 79.9. The van der Waals surface area contributed by atoms with Crippen molar-refractivity contribution < 1.29 is 14.3 Å². The number of carbonyl (C=O) groups is 1. The predicted octanol–water partition coefficient (Wildman–Crippen LogP) is 4.75. The van der Waals surface area contributed by atoms with Crippen molar-refractivity contribution in [3.05, 3.63) is 51.5 Å². The maximum absolute atomic E-state index is 12.2. The minimum atomic E-state index is -0.300. The Kier molecular flexibility index (Phi) is 7.81. The Morgan fingerprint density at radius 1 is 1.27 bits per heavy atom. The van der Waals surface area contributed by atoms with Crippen molar-refractivity contribution in [2.24, 2.45) is 5.10 Å². The normalized spacial score (nSPS) is 12.0. The number of hydrogen-bond donors (Lipinski definition) is 1. The van der Waals surface area contributed by atoms with E-state index in [1.54, 1.807) is 38.6 Å². The standard InChI is InChI=1S/C18H18BrClN2O3S/c1-11(26-14-6-4-13(20)5-7-14)18(23)22-21-10-12-8-15(19)17(25-3)16(9-12)24-2/h4-11H,1-3H3,(H,22,23)/b21-10-/t11-/m0/s1. The molecule has 0 saturated heterocycles. The van der Waals surface area contributed by atoms with E-state index in [0.29, 0.717) is 16.5 Å². The van der Waals surface area contributed by atoms with Crippen LogP contribution >= 0.6 is 39.3 Å². The fraction of sp³-hybridized carbons (Fsp3) is 0.222. The molecule has 0 aliphatic rings. The van der Waals surface area contributed by atoms with E-state index in [1.165, 1.54) is 11.8 Å². The smallest absolute Gasteiger partial charge is 0.253 e. The van der Waals surface area contributed by atoms with Crippen molar-refractivity contribution in [2.45, 2.75) is 17.1 Å². The van der Waals surface area contributed by atoms with Gasteiger partial charge in [-0.05, 0) is 64.8 Å². The van der Waals surface area contributed by atoms with E-state index in [1.807, 2.05) is 25.1 Å². The SMILES string of the molecule is COc1cc(/C=N\NC(=O)[C@H](C)Sc2ccc(Cl)cc2)cc(Br)c1OC. The number of carbonyl (C=O) groups excluding carboxylic acids is 1. The van der Waals surface area contributed by atoms with Gasteiger partial charge in [0.1, 0.15) is 0 Å². The summed E-state index contributed by atoms with van der Waals surface area (Å²) in [5, 5.41) is 4.38. The predicted molar refractivity (Wildman–Crippen MR) is 110 cm³/mol. The van der Waals surface area contributed by atoms with Crippen LogP contribution in [0.2, 0.25) is 5.02 Å². The summed E-state index contributed by atoms with van der Waals surface area (Å²) in [5.74, 6) is 0.976. The van der Waals surface area contributed by atoms with Crippen molar-refractivity contribution in [3.63, 3.8) is 0 Å². The summed E-state index contributed by atoms with van der Waals surface area (Å²) in [7, 11) is 3.12. The molecule has 2 aromatic rings. The number of hydrogen-bond acceptors (Lipinski definition) is 5. The Morgan fingerprint density at radius 3 is 2.58 bits per heavy atom. The second kappa shape index (κ2) is 9.85. The van der Waals surface area contributed by atoms with Crippen LogP contribution in [-0.4, -0.2) is 31.6 Å². The fourth-order valence-corrected chi connectivity index (χ4v) is 3.65. The van der Waals surface area contributed by atoms with Gasteiger partial charge in [-0.2, -0.15) is 5.10 Å². The van der Waals surface area contributed by atoms with Gasteiger partial charge < -0.3 is 9.47 Å². The van der Waals surface area contributed by atoms with Crippen LogP contribution in [0.5, 0.6) is 11.5 Å². The largest absolute Gasteiger partial charge is 0.493 e. The molecule has 1 N–H and O–H groups in total. The maximum Gasteiger partial charge on any atom is 0.253 e. The summed E-state index contributed by atoms with van der Waals surface area (Å²) in [6, 6.07) is 10.9. The van der Waals surface area contributed by atoms with Crippen molar-refractivity contribution in [1.29, 1.82) is 0 Å². The summed E-state index contributed by atoms with van der Waals surface area (Å²) in [6.07, 6.45) is 1.55. The Morgan fingerprint density at radius 2 is 1.96 bits per heavy atom. The van der Waals surface area contributed by atoms with Gasteiger partial charge in [0.2, 0.25) is 0 Å². The van der Waals surface area contributed by atoms with Gasteiger partial charge in [-0.3, -0.25) is 4.79 Å². The quantitative estimate of drug-likeness (QED) is 0.370. The highest BCUT2D eigenvalue weighted by molar-refractivity contribution is 9.10. The third-order valence-electron chi connectivity index (χ3n) is 3.34. The summed E-state index contributed by atoms with van der Waals surface area (Å²) >= 11 is 10.7. The molecule has 5 nitrogen and oxygen atoms in total. The molecule has 0 saturated carbocycles. The van der Waals surface area contributed by atoms with E-state index in [9.17, 15) is 4.79 Å². The van der Waals surface area contributed by atoms with Crippen LogP contribution in [-0.2, 0) is 4.79 Å². The molecule has 0 aromatic heterocycles. The molecule has 2 rings (SSSR count). The lowest BCUT2D eigenvalue weighted by atomic mass is 10.2. The topological polar surface area (TPSA) is 59.9 Å². The second-order valence-corrected chi connectivity index (χ2v) is 7.89. The number of benzene rings is 2. The molecule has 0 radical (unpaired) electrons. The number of amides is 1. The van der Waals surface area contributed by atoms with E-state index in [4.69, 9.17) is 21.1 Å². The van der Waals surface area contributed by atoms with Crippen molar-refractivity contribution in [1.82, 2.24) is 5.43 Å². The molecule has 2 aromatic carbocycles. The van der Waals surface area contributed by atoms with Gasteiger partial charge in [0.15, 0.2) is 11.5 Å². The molecule has 1 atom stereocenters. The first-order valence-electron chi connectivity index (χ1n) is 7.61. The van der Waals surface area contributed by atoms with Crippen molar-refractivity contribution in [3.8, 4) is 11.5 Å². The number of halogens is 2. The summed E-state index contributed by atoms with van der Waals surface area (Å²) in [5.41, 5.74) is 3.30. The Bertz CT molecular complexity index is 800. The molecule has 0 unspecified atom stereocenters. The second-order valence-electron chi connectivity index (χ2n) is 5.19. The third kappa shape index (κ3) is 5.65. The highest BCUT2D eigenvalue weighted by Crippen LogP contribution is 2.35. The summed E-state index contributed by atoms with van der Waals surface area (Å²) < 4.78 is 11.3. The molecule has 0 aliphatic heterocycles. The molecule has 0 heterocycles. The first-order valence-corrected chi connectivity index (χ1v) is 9.66. The molecule has 0 bridgehead atoms. The Balaban J connectivity index is 1.97. The molecule has 138 valence electrons. The van der Waals surface area contributed by atoms with Crippen LogP contribution in [0, 0.1) is 0 Å². The third-order valence-corrected chi connectivity index (χ3v) is 5.29.